The number of nitrogen functional groups attached to an aromatic ring is 1. The van der Waals surface area contributed by atoms with Gasteiger partial charge in [-0.05, 0) is 42.8 Å². The highest BCUT2D eigenvalue weighted by molar-refractivity contribution is 5.57. The smallest absolute Gasteiger partial charge is 0.153 e. The van der Waals surface area contributed by atoms with Crippen molar-refractivity contribution >= 4 is 5.69 Å². The Balaban J connectivity index is 2.29. The van der Waals surface area contributed by atoms with E-state index in [9.17, 15) is 0 Å². The minimum atomic E-state index is 0.606. The molecule has 0 aliphatic heterocycles. The largest absolute Gasteiger partial charge is 0.455 e. The van der Waals surface area contributed by atoms with E-state index in [-0.39, 0.29) is 0 Å². The van der Waals surface area contributed by atoms with Crippen molar-refractivity contribution in [1.82, 2.24) is 0 Å². The van der Waals surface area contributed by atoms with E-state index in [1.54, 1.807) is 30.3 Å². The second-order valence-electron chi connectivity index (χ2n) is 3.73. The van der Waals surface area contributed by atoms with E-state index in [0.717, 1.165) is 5.56 Å². The maximum absolute atomic E-state index is 8.70. The zero-order chi connectivity index (χ0) is 12.3. The first-order chi connectivity index (χ1) is 8.20. The van der Waals surface area contributed by atoms with Gasteiger partial charge in [0.1, 0.15) is 5.75 Å². The third-order valence-electron chi connectivity index (χ3n) is 2.45. The molecular weight excluding hydrogens is 212 g/mol. The molecule has 0 heterocycles. The Bertz CT molecular complexity index is 548. The van der Waals surface area contributed by atoms with E-state index < -0.39 is 0 Å². The molecular formula is C14H12N2O. The SMILES string of the molecule is Cc1cccc(N)c1Oc1ccc(C#N)cc1. The number of para-hydroxylation sites is 1. The molecule has 2 N–H and O–H groups in total. The second-order valence-corrected chi connectivity index (χ2v) is 3.73. The summed E-state index contributed by atoms with van der Waals surface area (Å²) >= 11 is 0. The number of aryl methyl sites for hydroxylation is 1. The van der Waals surface area contributed by atoms with Crippen molar-refractivity contribution in [2.75, 3.05) is 5.73 Å². The molecule has 3 nitrogen and oxygen atoms in total. The minimum Gasteiger partial charge on any atom is -0.455 e. The van der Waals surface area contributed by atoms with Gasteiger partial charge in [0.25, 0.3) is 0 Å². The third kappa shape index (κ3) is 2.37. The van der Waals surface area contributed by atoms with Gasteiger partial charge in [-0.1, -0.05) is 12.1 Å². The van der Waals surface area contributed by atoms with E-state index in [2.05, 4.69) is 6.07 Å². The van der Waals surface area contributed by atoms with E-state index in [0.29, 0.717) is 22.7 Å². The van der Waals surface area contributed by atoms with Crippen LogP contribution in [-0.2, 0) is 0 Å². The highest BCUT2D eigenvalue weighted by Crippen LogP contribution is 2.30. The van der Waals surface area contributed by atoms with Crippen LogP contribution in [0.1, 0.15) is 11.1 Å². The van der Waals surface area contributed by atoms with Crippen LogP contribution in [0.15, 0.2) is 42.5 Å². The van der Waals surface area contributed by atoms with Crippen molar-refractivity contribution in [3.05, 3.63) is 53.6 Å². The Morgan fingerprint density at radius 3 is 2.41 bits per heavy atom. The molecule has 17 heavy (non-hydrogen) atoms. The van der Waals surface area contributed by atoms with Gasteiger partial charge >= 0.3 is 0 Å². The predicted octanol–water partition coefficient (Wildman–Crippen LogP) is 3.24. The normalized spacial score (nSPS) is 9.65. The number of rotatable bonds is 2. The van der Waals surface area contributed by atoms with Gasteiger partial charge in [0.2, 0.25) is 0 Å². The van der Waals surface area contributed by atoms with Gasteiger partial charge in [0.15, 0.2) is 5.75 Å². The van der Waals surface area contributed by atoms with Crippen LogP contribution < -0.4 is 10.5 Å². The number of anilines is 1. The lowest BCUT2D eigenvalue weighted by atomic mass is 10.2. The summed E-state index contributed by atoms with van der Waals surface area (Å²) in [5.74, 6) is 1.34. The third-order valence-corrected chi connectivity index (χ3v) is 2.45. The van der Waals surface area contributed by atoms with Crippen LogP contribution >= 0.6 is 0 Å². The first-order valence-corrected chi connectivity index (χ1v) is 5.24. The van der Waals surface area contributed by atoms with Gasteiger partial charge in [0, 0.05) is 0 Å². The Morgan fingerprint density at radius 1 is 1.12 bits per heavy atom. The molecule has 0 spiro atoms. The fourth-order valence-electron chi connectivity index (χ4n) is 1.53. The zero-order valence-electron chi connectivity index (χ0n) is 9.47. The zero-order valence-corrected chi connectivity index (χ0v) is 9.47. The topological polar surface area (TPSA) is 59.0 Å². The van der Waals surface area contributed by atoms with Gasteiger partial charge < -0.3 is 10.5 Å². The van der Waals surface area contributed by atoms with Crippen molar-refractivity contribution in [3.63, 3.8) is 0 Å². The maximum Gasteiger partial charge on any atom is 0.153 e. The first kappa shape index (κ1) is 11.0. The molecule has 0 atom stereocenters. The van der Waals surface area contributed by atoms with Crippen LogP contribution in [0.3, 0.4) is 0 Å². The molecule has 0 radical (unpaired) electrons. The standard InChI is InChI=1S/C14H12N2O/c1-10-3-2-4-13(16)14(10)17-12-7-5-11(9-15)6-8-12/h2-8H,16H2,1H3. The Hall–Kier alpha value is -2.47. The molecule has 0 saturated heterocycles. The molecule has 0 aromatic heterocycles. The summed E-state index contributed by atoms with van der Waals surface area (Å²) in [6.07, 6.45) is 0. The highest BCUT2D eigenvalue weighted by atomic mass is 16.5. The van der Waals surface area contributed by atoms with Crippen molar-refractivity contribution < 1.29 is 4.74 Å². The molecule has 0 unspecified atom stereocenters. The second kappa shape index (κ2) is 4.58. The van der Waals surface area contributed by atoms with Gasteiger partial charge in [-0.3, -0.25) is 0 Å². The van der Waals surface area contributed by atoms with Crippen molar-refractivity contribution in [2.45, 2.75) is 6.92 Å². The number of hydrogen-bond donors (Lipinski definition) is 1. The number of nitriles is 1. The molecule has 0 fully saturated rings. The fourth-order valence-corrected chi connectivity index (χ4v) is 1.53. The molecule has 0 aliphatic carbocycles. The van der Waals surface area contributed by atoms with Gasteiger partial charge in [-0.2, -0.15) is 5.26 Å². The molecule has 0 amide bonds. The van der Waals surface area contributed by atoms with Crippen molar-refractivity contribution in [3.8, 4) is 17.6 Å². The van der Waals surface area contributed by atoms with E-state index >= 15 is 0 Å². The summed E-state index contributed by atoms with van der Waals surface area (Å²) in [4.78, 5) is 0. The monoisotopic (exact) mass is 224 g/mol. The van der Waals surface area contributed by atoms with Crippen LogP contribution in [0.2, 0.25) is 0 Å². The number of nitrogens with zero attached hydrogens (tertiary/aromatic N) is 1. The molecule has 3 heteroatoms. The summed E-state index contributed by atoms with van der Waals surface area (Å²) in [7, 11) is 0. The fraction of sp³-hybridized carbons (Fsp3) is 0.0714. The maximum atomic E-state index is 8.70. The number of nitrogens with two attached hydrogens (primary N) is 1. The summed E-state index contributed by atoms with van der Waals surface area (Å²) in [6.45, 7) is 1.94. The summed E-state index contributed by atoms with van der Waals surface area (Å²) in [6, 6.07) is 14.6. The van der Waals surface area contributed by atoms with Gasteiger partial charge in [-0.15, -0.1) is 0 Å². The Morgan fingerprint density at radius 2 is 1.82 bits per heavy atom. The highest BCUT2D eigenvalue weighted by Gasteiger charge is 2.05. The van der Waals surface area contributed by atoms with Gasteiger partial charge in [-0.25, -0.2) is 0 Å². The molecule has 84 valence electrons. The number of hydrogen-bond acceptors (Lipinski definition) is 3. The van der Waals surface area contributed by atoms with Crippen molar-refractivity contribution in [1.29, 1.82) is 5.26 Å². The van der Waals surface area contributed by atoms with Crippen LogP contribution in [0.4, 0.5) is 5.69 Å². The lowest BCUT2D eigenvalue weighted by Gasteiger charge is -2.10. The molecule has 2 aromatic rings. The number of ether oxygens (including phenoxy) is 1. The lowest BCUT2D eigenvalue weighted by Crippen LogP contribution is -1.94. The van der Waals surface area contributed by atoms with Crippen molar-refractivity contribution in [2.24, 2.45) is 0 Å². The quantitative estimate of drug-likeness (QED) is 0.796. The molecule has 0 saturated carbocycles. The van der Waals surface area contributed by atoms with Crippen LogP contribution in [0.25, 0.3) is 0 Å². The van der Waals surface area contributed by atoms with Crippen LogP contribution in [-0.4, -0.2) is 0 Å². The molecule has 2 rings (SSSR count). The van der Waals surface area contributed by atoms with Crippen LogP contribution in [0, 0.1) is 18.3 Å². The Kier molecular flexibility index (Phi) is 2.97. The average Bonchev–Trinajstić information content (AvgIpc) is 2.35. The summed E-state index contributed by atoms with van der Waals surface area (Å²) < 4.78 is 5.70. The minimum absolute atomic E-state index is 0.606. The van der Waals surface area contributed by atoms with Gasteiger partial charge in [0.05, 0.1) is 17.3 Å². The summed E-state index contributed by atoms with van der Waals surface area (Å²) in [5.41, 5.74) is 8.04. The molecule has 0 bridgehead atoms. The first-order valence-electron chi connectivity index (χ1n) is 5.24. The van der Waals surface area contributed by atoms with E-state index in [1.807, 2.05) is 19.1 Å². The number of benzene rings is 2. The predicted molar refractivity (Wildman–Crippen MR) is 66.8 cm³/mol. The molecule has 2 aromatic carbocycles. The average molecular weight is 224 g/mol. The van der Waals surface area contributed by atoms with E-state index in [1.165, 1.54) is 0 Å². The molecule has 0 aliphatic rings. The Labute approximate surface area is 100 Å². The van der Waals surface area contributed by atoms with Crippen LogP contribution in [0.5, 0.6) is 11.5 Å². The lowest BCUT2D eigenvalue weighted by molar-refractivity contribution is 0.481. The van der Waals surface area contributed by atoms with E-state index in [4.69, 9.17) is 15.7 Å². The summed E-state index contributed by atoms with van der Waals surface area (Å²) in [5, 5.41) is 8.70.